The highest BCUT2D eigenvalue weighted by Gasteiger charge is 2.66. The molecule has 1 unspecified atom stereocenters. The van der Waals surface area contributed by atoms with Crippen LogP contribution in [0.4, 0.5) is 10.8 Å². The molecular weight excluding hydrogens is 510 g/mol. The first kappa shape index (κ1) is 22.0. The van der Waals surface area contributed by atoms with E-state index in [2.05, 4.69) is 4.98 Å². The Balaban J connectivity index is 1.57. The molecule has 0 saturated carbocycles. The van der Waals surface area contributed by atoms with Crippen molar-refractivity contribution >= 4 is 56.5 Å². The average Bonchev–Trinajstić information content (AvgIpc) is 3.59. The van der Waals surface area contributed by atoms with Crippen LogP contribution in [0.3, 0.4) is 0 Å². The van der Waals surface area contributed by atoms with Crippen LogP contribution in [0.2, 0.25) is 5.02 Å². The Morgan fingerprint density at radius 1 is 0.946 bits per heavy atom. The van der Waals surface area contributed by atoms with Crippen molar-refractivity contribution in [2.24, 2.45) is 0 Å². The lowest BCUT2D eigenvalue weighted by molar-refractivity contribution is -0.121. The topological polar surface area (TPSA) is 83.7 Å². The van der Waals surface area contributed by atoms with E-state index in [-0.39, 0.29) is 23.5 Å². The monoisotopic (exact) mass is 525 g/mol. The Kier molecular flexibility index (Phi) is 4.67. The summed E-state index contributed by atoms with van der Waals surface area (Å²) in [7, 11) is 0. The molecule has 2 aliphatic heterocycles. The molecule has 0 saturated heterocycles. The van der Waals surface area contributed by atoms with Gasteiger partial charge >= 0.3 is 0 Å². The summed E-state index contributed by atoms with van der Waals surface area (Å²) in [6, 6.07) is 21.2. The molecule has 0 radical (unpaired) electrons. The van der Waals surface area contributed by atoms with Crippen molar-refractivity contribution in [2.45, 2.75) is 12.1 Å². The van der Waals surface area contributed by atoms with Gasteiger partial charge in [-0.1, -0.05) is 60.1 Å². The van der Waals surface area contributed by atoms with Crippen LogP contribution in [0.25, 0.3) is 11.0 Å². The Morgan fingerprint density at radius 2 is 1.70 bits per heavy atom. The van der Waals surface area contributed by atoms with Crippen LogP contribution >= 0.6 is 22.9 Å². The number of hydrogen-bond acceptors (Lipinski definition) is 6. The predicted octanol–water partition coefficient (Wildman–Crippen LogP) is 5.35. The number of anilines is 2. The van der Waals surface area contributed by atoms with Gasteiger partial charge < -0.3 is 9.32 Å². The molecule has 5 aromatic rings. The van der Waals surface area contributed by atoms with Crippen LogP contribution in [0.15, 0.2) is 93.6 Å². The third-order valence-corrected chi connectivity index (χ3v) is 8.05. The van der Waals surface area contributed by atoms with Crippen molar-refractivity contribution in [3.8, 4) is 0 Å². The maximum Gasteiger partial charge on any atom is 0.297 e. The molecule has 0 fully saturated rings. The van der Waals surface area contributed by atoms with Gasteiger partial charge in [-0.3, -0.25) is 19.3 Å². The fraction of sp³-hybridized carbons (Fsp3) is 0.0714. The van der Waals surface area contributed by atoms with Gasteiger partial charge in [-0.15, -0.1) is 11.3 Å². The van der Waals surface area contributed by atoms with Crippen molar-refractivity contribution in [3.05, 3.63) is 122 Å². The Bertz CT molecular complexity index is 1820. The number of benzene rings is 3. The number of thiazole rings is 1. The lowest BCUT2D eigenvalue weighted by atomic mass is 9.84. The third-order valence-electron chi connectivity index (χ3n) is 6.93. The lowest BCUT2D eigenvalue weighted by Gasteiger charge is -2.32. The number of aromatic nitrogens is 1. The summed E-state index contributed by atoms with van der Waals surface area (Å²) in [4.78, 5) is 50.0. The molecule has 1 spiro atoms. The summed E-state index contributed by atoms with van der Waals surface area (Å²) in [6.07, 6.45) is 1.56. The molecule has 7 nitrogen and oxygen atoms in total. The lowest BCUT2D eigenvalue weighted by Crippen LogP contribution is -2.53. The second kappa shape index (κ2) is 7.86. The van der Waals surface area contributed by atoms with E-state index in [4.69, 9.17) is 16.0 Å². The molecule has 2 aromatic heterocycles. The van der Waals surface area contributed by atoms with E-state index in [9.17, 15) is 14.4 Å². The largest absolute Gasteiger partial charge is 0.450 e. The van der Waals surface area contributed by atoms with Gasteiger partial charge in [-0.2, -0.15) is 0 Å². The quantitative estimate of drug-likeness (QED) is 0.317. The molecule has 37 heavy (non-hydrogen) atoms. The summed E-state index contributed by atoms with van der Waals surface area (Å²) in [5.74, 6) is -1.18. The van der Waals surface area contributed by atoms with Crippen LogP contribution in [-0.4, -0.2) is 16.8 Å². The number of hydrogen-bond donors (Lipinski definition) is 0. The number of fused-ring (bicyclic) bond motifs is 5. The van der Waals surface area contributed by atoms with Gasteiger partial charge in [0.1, 0.15) is 5.58 Å². The second-order valence-corrected chi connectivity index (χ2v) is 10.1. The van der Waals surface area contributed by atoms with Crippen molar-refractivity contribution in [3.63, 3.8) is 0 Å². The number of halogens is 1. The molecule has 0 bridgehead atoms. The maximum absolute atomic E-state index is 14.7. The first-order valence-corrected chi connectivity index (χ1v) is 12.7. The van der Waals surface area contributed by atoms with Crippen LogP contribution in [0, 0.1) is 0 Å². The van der Waals surface area contributed by atoms with E-state index in [1.165, 1.54) is 16.2 Å². The zero-order valence-corrected chi connectivity index (χ0v) is 20.6. The number of rotatable bonds is 3. The predicted molar refractivity (Wildman–Crippen MR) is 141 cm³/mol. The second-order valence-electron chi connectivity index (χ2n) is 8.80. The molecule has 180 valence electrons. The highest BCUT2D eigenvalue weighted by atomic mass is 35.5. The molecule has 9 heteroatoms. The van der Waals surface area contributed by atoms with E-state index in [0.717, 1.165) is 5.56 Å². The molecular formula is C28H16ClN3O4S. The summed E-state index contributed by atoms with van der Waals surface area (Å²) in [6.45, 7) is 0.158. The molecule has 0 N–H and O–H groups in total. The van der Waals surface area contributed by atoms with Crippen LogP contribution < -0.4 is 15.2 Å². The standard InChI is InChI=1S/C28H16ClN3O4S/c29-19-10-4-1-7-16(19)15-31-20-11-5-3-9-18(20)28(26(31)35)22-23(33)17-8-2-6-12-21(17)36-24(22)25(34)32(28)27-30-13-14-37-27/h1-14H,15H2. The minimum Gasteiger partial charge on any atom is -0.450 e. The van der Waals surface area contributed by atoms with Gasteiger partial charge in [0, 0.05) is 22.2 Å². The number of para-hydroxylation sites is 2. The number of carbonyl (C=O) groups excluding carboxylic acids is 2. The van der Waals surface area contributed by atoms with Crippen LogP contribution in [0.1, 0.15) is 27.2 Å². The average molecular weight is 526 g/mol. The van der Waals surface area contributed by atoms with Gasteiger partial charge in [0.05, 0.1) is 23.2 Å². The summed E-state index contributed by atoms with van der Waals surface area (Å²) in [5, 5.41) is 2.82. The minimum absolute atomic E-state index is 0.00510. The summed E-state index contributed by atoms with van der Waals surface area (Å²) in [5.41, 5.74) is -0.0773. The molecule has 2 amide bonds. The molecule has 1 atom stereocenters. The zero-order chi connectivity index (χ0) is 25.3. The number of nitrogens with zero attached hydrogens (tertiary/aromatic N) is 3. The van der Waals surface area contributed by atoms with E-state index >= 15 is 0 Å². The minimum atomic E-state index is -1.77. The first-order chi connectivity index (χ1) is 18.0. The van der Waals surface area contributed by atoms with Crippen LogP contribution in [0.5, 0.6) is 0 Å². The Morgan fingerprint density at radius 3 is 2.51 bits per heavy atom. The number of amides is 2. The third kappa shape index (κ3) is 2.82. The SMILES string of the molecule is O=C1c2oc3ccccc3c(=O)c2C2(C(=O)N(Cc3ccccc3Cl)c3ccccc32)N1c1nccs1. The van der Waals surface area contributed by atoms with Gasteiger partial charge in [0.15, 0.2) is 16.1 Å². The molecule has 4 heterocycles. The fourth-order valence-electron chi connectivity index (χ4n) is 5.39. The van der Waals surface area contributed by atoms with E-state index < -0.39 is 22.8 Å². The normalized spacial score (nSPS) is 18.2. The van der Waals surface area contributed by atoms with Gasteiger partial charge in [0.25, 0.3) is 11.8 Å². The van der Waals surface area contributed by atoms with E-state index in [1.807, 2.05) is 30.3 Å². The van der Waals surface area contributed by atoms with Crippen molar-refractivity contribution in [2.75, 3.05) is 9.80 Å². The smallest absolute Gasteiger partial charge is 0.297 e. The van der Waals surface area contributed by atoms with Crippen molar-refractivity contribution in [1.82, 2.24) is 4.98 Å². The molecule has 0 aliphatic carbocycles. The highest BCUT2D eigenvalue weighted by Crippen LogP contribution is 2.54. The van der Waals surface area contributed by atoms with Crippen molar-refractivity contribution < 1.29 is 14.0 Å². The zero-order valence-electron chi connectivity index (χ0n) is 19.1. The van der Waals surface area contributed by atoms with Gasteiger partial charge in [-0.05, 0) is 29.8 Å². The molecule has 7 rings (SSSR count). The number of carbonyl (C=O) groups is 2. The Hall–Kier alpha value is -4.27. The summed E-state index contributed by atoms with van der Waals surface area (Å²) < 4.78 is 6.04. The van der Waals surface area contributed by atoms with Gasteiger partial charge in [-0.25, -0.2) is 4.98 Å². The van der Waals surface area contributed by atoms with Crippen molar-refractivity contribution in [1.29, 1.82) is 0 Å². The van der Waals surface area contributed by atoms with Crippen LogP contribution in [-0.2, 0) is 16.9 Å². The molecule has 2 aliphatic rings. The Labute approximate surface area is 219 Å². The maximum atomic E-state index is 14.7. The fourth-order valence-corrected chi connectivity index (χ4v) is 6.28. The highest BCUT2D eigenvalue weighted by molar-refractivity contribution is 7.13. The van der Waals surface area contributed by atoms with E-state index in [1.54, 1.807) is 58.9 Å². The first-order valence-electron chi connectivity index (χ1n) is 11.5. The van der Waals surface area contributed by atoms with E-state index in [0.29, 0.717) is 26.8 Å². The summed E-state index contributed by atoms with van der Waals surface area (Å²) >= 11 is 7.67. The molecule has 3 aromatic carbocycles. The van der Waals surface area contributed by atoms with Gasteiger partial charge in [0.2, 0.25) is 5.76 Å².